The lowest BCUT2D eigenvalue weighted by Crippen LogP contribution is -2.33. The van der Waals surface area contributed by atoms with Crippen LogP contribution in [0.4, 0.5) is 0 Å². The summed E-state index contributed by atoms with van der Waals surface area (Å²) in [5.74, 6) is 1.33. The summed E-state index contributed by atoms with van der Waals surface area (Å²) in [6, 6.07) is 4.10. The number of hydrogen-bond acceptors (Lipinski definition) is 5. The molecule has 6 heteroatoms. The molecule has 108 valence electrons. The molecule has 0 aromatic carbocycles. The van der Waals surface area contributed by atoms with Crippen LogP contribution in [0.25, 0.3) is 11.5 Å². The highest BCUT2D eigenvalue weighted by Gasteiger charge is 2.23. The lowest BCUT2D eigenvalue weighted by molar-refractivity contribution is 0.321. The van der Waals surface area contributed by atoms with Crippen LogP contribution in [0, 0.1) is 0 Å². The Morgan fingerprint density at radius 2 is 2.20 bits per heavy atom. The quantitative estimate of drug-likeness (QED) is 0.874. The van der Waals surface area contributed by atoms with Gasteiger partial charge in [-0.2, -0.15) is 4.98 Å². The first-order valence-corrected chi connectivity index (χ1v) is 7.64. The van der Waals surface area contributed by atoms with Gasteiger partial charge in [-0.3, -0.25) is 4.98 Å². The second-order valence-corrected chi connectivity index (χ2v) is 5.51. The van der Waals surface area contributed by atoms with Gasteiger partial charge in [0.05, 0.1) is 5.92 Å². The lowest BCUT2D eigenvalue weighted by atomic mass is 9.99. The molecule has 0 radical (unpaired) electrons. The Morgan fingerprint density at radius 3 is 2.85 bits per heavy atom. The third-order valence-corrected chi connectivity index (χ3v) is 3.95. The van der Waals surface area contributed by atoms with Crippen LogP contribution in [0.2, 0.25) is 0 Å². The second kappa shape index (κ2) is 6.95. The van der Waals surface area contributed by atoms with Crippen molar-refractivity contribution in [2.24, 2.45) is 0 Å². The standard InChI is InChI=1S/C14H19BrN4O/c1-4-11(16-5-2)9(3)14-18-13(19-20-14)12-10(15)7-6-8-17-12/h6-9,11,16H,4-5H2,1-3H3. The molecule has 2 atom stereocenters. The van der Waals surface area contributed by atoms with Crippen molar-refractivity contribution in [1.29, 1.82) is 0 Å². The zero-order chi connectivity index (χ0) is 14.5. The molecule has 2 aromatic rings. The van der Waals surface area contributed by atoms with Crippen molar-refractivity contribution in [2.75, 3.05) is 6.54 Å². The molecule has 2 rings (SSSR count). The van der Waals surface area contributed by atoms with Gasteiger partial charge < -0.3 is 9.84 Å². The van der Waals surface area contributed by atoms with Crippen molar-refractivity contribution in [3.05, 3.63) is 28.7 Å². The lowest BCUT2D eigenvalue weighted by Gasteiger charge is -2.20. The van der Waals surface area contributed by atoms with Crippen molar-refractivity contribution >= 4 is 15.9 Å². The minimum atomic E-state index is 0.170. The van der Waals surface area contributed by atoms with E-state index in [1.54, 1.807) is 6.20 Å². The van der Waals surface area contributed by atoms with Gasteiger partial charge in [-0.15, -0.1) is 0 Å². The zero-order valence-corrected chi connectivity index (χ0v) is 13.5. The van der Waals surface area contributed by atoms with Crippen LogP contribution >= 0.6 is 15.9 Å². The smallest absolute Gasteiger partial charge is 0.231 e. The van der Waals surface area contributed by atoms with E-state index in [9.17, 15) is 0 Å². The van der Waals surface area contributed by atoms with E-state index in [2.05, 4.69) is 57.1 Å². The van der Waals surface area contributed by atoms with Gasteiger partial charge in [-0.25, -0.2) is 0 Å². The molecule has 0 amide bonds. The molecule has 0 saturated heterocycles. The number of hydrogen-bond donors (Lipinski definition) is 1. The van der Waals surface area contributed by atoms with E-state index in [1.807, 2.05) is 12.1 Å². The van der Waals surface area contributed by atoms with E-state index in [1.165, 1.54) is 0 Å². The summed E-state index contributed by atoms with van der Waals surface area (Å²) >= 11 is 3.45. The molecule has 0 aliphatic rings. The van der Waals surface area contributed by atoms with Gasteiger partial charge in [0.25, 0.3) is 0 Å². The normalized spacial score (nSPS) is 14.2. The molecular weight excluding hydrogens is 320 g/mol. The number of nitrogens with zero attached hydrogens (tertiary/aromatic N) is 3. The minimum Gasteiger partial charge on any atom is -0.339 e. The molecule has 0 fully saturated rings. The highest BCUT2D eigenvalue weighted by Crippen LogP contribution is 2.26. The molecule has 1 N–H and O–H groups in total. The molecule has 0 bridgehead atoms. The minimum absolute atomic E-state index is 0.170. The van der Waals surface area contributed by atoms with Gasteiger partial charge in [-0.05, 0) is 41.0 Å². The Bertz CT molecular complexity index is 558. The van der Waals surface area contributed by atoms with Crippen molar-refractivity contribution in [3.63, 3.8) is 0 Å². The molecule has 0 aliphatic heterocycles. The molecule has 5 nitrogen and oxygen atoms in total. The third-order valence-electron chi connectivity index (χ3n) is 3.31. The van der Waals surface area contributed by atoms with Gasteiger partial charge in [0.15, 0.2) is 0 Å². The summed E-state index contributed by atoms with van der Waals surface area (Å²) in [4.78, 5) is 8.76. The maximum absolute atomic E-state index is 5.40. The predicted molar refractivity (Wildman–Crippen MR) is 81.4 cm³/mol. The Kier molecular flexibility index (Phi) is 5.25. The van der Waals surface area contributed by atoms with E-state index in [0.29, 0.717) is 23.5 Å². The number of rotatable bonds is 6. The van der Waals surface area contributed by atoms with Crippen LogP contribution in [0.1, 0.15) is 39.0 Å². The highest BCUT2D eigenvalue weighted by molar-refractivity contribution is 9.10. The van der Waals surface area contributed by atoms with Crippen molar-refractivity contribution in [1.82, 2.24) is 20.4 Å². The summed E-state index contributed by atoms with van der Waals surface area (Å²) in [7, 11) is 0. The maximum Gasteiger partial charge on any atom is 0.231 e. The molecule has 0 saturated carbocycles. The SMILES string of the molecule is CCNC(CC)C(C)c1nc(-c2ncccc2Br)no1. The van der Waals surface area contributed by atoms with Crippen molar-refractivity contribution in [3.8, 4) is 11.5 Å². The molecule has 2 heterocycles. The van der Waals surface area contributed by atoms with Crippen LogP contribution in [0.3, 0.4) is 0 Å². The summed E-state index contributed by atoms with van der Waals surface area (Å²) in [5, 5.41) is 7.48. The summed E-state index contributed by atoms with van der Waals surface area (Å²) in [6.07, 6.45) is 2.73. The Hall–Kier alpha value is -1.27. The summed E-state index contributed by atoms with van der Waals surface area (Å²) in [6.45, 7) is 7.27. The fraction of sp³-hybridized carbons (Fsp3) is 0.500. The summed E-state index contributed by atoms with van der Waals surface area (Å²) < 4.78 is 6.26. The maximum atomic E-state index is 5.40. The molecule has 0 aliphatic carbocycles. The highest BCUT2D eigenvalue weighted by atomic mass is 79.9. The van der Waals surface area contributed by atoms with Gasteiger partial charge in [0.2, 0.25) is 11.7 Å². The number of nitrogens with one attached hydrogen (secondary N) is 1. The molecule has 20 heavy (non-hydrogen) atoms. The molecule has 2 unspecified atom stereocenters. The van der Waals surface area contributed by atoms with Gasteiger partial charge in [0.1, 0.15) is 5.69 Å². The van der Waals surface area contributed by atoms with E-state index in [-0.39, 0.29) is 5.92 Å². The number of likely N-dealkylation sites (N-methyl/N-ethyl adjacent to an activating group) is 1. The second-order valence-electron chi connectivity index (χ2n) is 4.65. The number of pyridine rings is 1. The van der Waals surface area contributed by atoms with Gasteiger partial charge >= 0.3 is 0 Å². The molecular formula is C14H19BrN4O. The average molecular weight is 339 g/mol. The van der Waals surface area contributed by atoms with Crippen LogP contribution in [0.5, 0.6) is 0 Å². The van der Waals surface area contributed by atoms with Crippen molar-refractivity contribution < 1.29 is 4.52 Å². The van der Waals surface area contributed by atoms with Crippen LogP contribution in [0.15, 0.2) is 27.3 Å². The monoisotopic (exact) mass is 338 g/mol. The van der Waals surface area contributed by atoms with Gasteiger partial charge in [-0.1, -0.05) is 25.9 Å². The number of halogens is 1. The first-order valence-electron chi connectivity index (χ1n) is 6.85. The van der Waals surface area contributed by atoms with Gasteiger partial charge in [0, 0.05) is 16.7 Å². The van der Waals surface area contributed by atoms with Crippen LogP contribution < -0.4 is 5.32 Å². The Morgan fingerprint density at radius 1 is 1.40 bits per heavy atom. The fourth-order valence-corrected chi connectivity index (χ4v) is 2.61. The third kappa shape index (κ3) is 3.24. The molecule has 2 aromatic heterocycles. The largest absolute Gasteiger partial charge is 0.339 e. The first-order chi connectivity index (χ1) is 9.67. The topological polar surface area (TPSA) is 63.8 Å². The molecule has 0 spiro atoms. The Balaban J connectivity index is 2.22. The van der Waals surface area contributed by atoms with Crippen LogP contribution in [-0.4, -0.2) is 27.7 Å². The first kappa shape index (κ1) is 15.1. The number of aromatic nitrogens is 3. The van der Waals surface area contributed by atoms with E-state index in [4.69, 9.17) is 4.52 Å². The zero-order valence-electron chi connectivity index (χ0n) is 11.9. The summed E-state index contributed by atoms with van der Waals surface area (Å²) in [5.41, 5.74) is 0.700. The predicted octanol–water partition coefficient (Wildman–Crippen LogP) is 3.39. The fourth-order valence-electron chi connectivity index (χ4n) is 2.18. The van der Waals surface area contributed by atoms with Crippen molar-refractivity contribution in [2.45, 2.75) is 39.2 Å². The van der Waals surface area contributed by atoms with E-state index >= 15 is 0 Å². The van der Waals surface area contributed by atoms with Crippen LogP contribution in [-0.2, 0) is 0 Å². The van der Waals surface area contributed by atoms with E-state index in [0.717, 1.165) is 17.4 Å². The van der Waals surface area contributed by atoms with E-state index < -0.39 is 0 Å². The average Bonchev–Trinajstić information content (AvgIpc) is 2.94. The Labute approximate surface area is 127 Å².